The van der Waals surface area contributed by atoms with Gasteiger partial charge in [0.25, 0.3) is 0 Å². The molecule has 2 aromatic carbocycles. The van der Waals surface area contributed by atoms with Crippen LogP contribution < -0.4 is 4.74 Å². The van der Waals surface area contributed by atoms with Gasteiger partial charge in [-0.05, 0) is 41.9 Å². The number of benzene rings is 2. The second-order valence-electron chi connectivity index (χ2n) is 7.74. The molecule has 11 heteroatoms. The highest BCUT2D eigenvalue weighted by atomic mass is 32.2. The number of ether oxygens (including phenoxy) is 1. The molecular weight excluding hydrogens is 496 g/mol. The predicted molar refractivity (Wildman–Crippen MR) is 134 cm³/mol. The minimum atomic E-state index is -3.71. The van der Waals surface area contributed by atoms with Crippen LogP contribution in [0, 0.1) is 11.3 Å². The number of sulfone groups is 1. The van der Waals surface area contributed by atoms with Crippen LogP contribution in [-0.4, -0.2) is 32.5 Å². The number of hydrogen-bond donors (Lipinski definition) is 0. The van der Waals surface area contributed by atoms with Crippen LogP contribution in [0.4, 0.5) is 0 Å². The maximum absolute atomic E-state index is 12.8. The van der Waals surface area contributed by atoms with Crippen LogP contribution in [0.2, 0.25) is 0 Å². The van der Waals surface area contributed by atoms with Crippen LogP contribution in [0.25, 0.3) is 22.5 Å². The van der Waals surface area contributed by atoms with Gasteiger partial charge in [0, 0.05) is 24.4 Å². The van der Waals surface area contributed by atoms with Crippen molar-refractivity contribution in [1.29, 1.82) is 5.26 Å². The Morgan fingerprint density at radius 2 is 1.89 bits per heavy atom. The van der Waals surface area contributed by atoms with E-state index in [9.17, 15) is 13.7 Å². The molecule has 3 heterocycles. The topological polar surface area (TPSA) is 124 Å². The molecule has 0 saturated carbocycles. The largest absolute Gasteiger partial charge is 0.454 e. The third-order valence-electron chi connectivity index (χ3n) is 5.40. The fraction of sp³-hybridized carbons (Fsp3) is 0.0800. The summed E-state index contributed by atoms with van der Waals surface area (Å²) in [6.45, 7) is 0. The van der Waals surface area contributed by atoms with Gasteiger partial charge >= 0.3 is 0 Å². The highest BCUT2D eigenvalue weighted by Gasteiger charge is 2.21. The molecule has 3 aromatic heterocycles. The number of nitriles is 1. The summed E-state index contributed by atoms with van der Waals surface area (Å²) in [7, 11) is -1.89. The van der Waals surface area contributed by atoms with E-state index in [1.54, 1.807) is 17.1 Å². The first-order valence-electron chi connectivity index (χ1n) is 10.7. The lowest BCUT2D eigenvalue weighted by Gasteiger charge is -2.14. The van der Waals surface area contributed by atoms with Crippen molar-refractivity contribution in [2.75, 3.05) is 0 Å². The number of hydrogen-bond acceptors (Lipinski definition) is 9. The van der Waals surface area contributed by atoms with Gasteiger partial charge in [0.05, 0.1) is 28.0 Å². The fourth-order valence-electron chi connectivity index (χ4n) is 3.63. The molecule has 0 fully saturated rings. The monoisotopic (exact) mass is 514 g/mol. The fourth-order valence-corrected chi connectivity index (χ4v) is 5.76. The molecule has 0 spiro atoms. The van der Waals surface area contributed by atoms with Gasteiger partial charge in [0.15, 0.2) is 15.6 Å². The molecule has 0 aliphatic heterocycles. The Morgan fingerprint density at radius 3 is 2.58 bits per heavy atom. The first-order chi connectivity index (χ1) is 17.4. The molecule has 0 aliphatic carbocycles. The average Bonchev–Trinajstić information content (AvgIpc) is 3.56. The molecule has 0 bridgehead atoms. The maximum Gasteiger partial charge on any atom is 0.185 e. The normalized spacial score (nSPS) is 11.2. The summed E-state index contributed by atoms with van der Waals surface area (Å²) >= 11 is 1.02. The van der Waals surface area contributed by atoms with Gasteiger partial charge in [-0.3, -0.25) is 9.67 Å². The highest BCUT2D eigenvalue weighted by Crippen LogP contribution is 2.37. The van der Waals surface area contributed by atoms with Gasteiger partial charge in [0.2, 0.25) is 0 Å². The Labute approximate surface area is 211 Å². The summed E-state index contributed by atoms with van der Waals surface area (Å²) < 4.78 is 37.3. The summed E-state index contributed by atoms with van der Waals surface area (Å²) in [6.07, 6.45) is 4.58. The molecule has 0 radical (unpaired) electrons. The van der Waals surface area contributed by atoms with Crippen molar-refractivity contribution >= 4 is 21.4 Å². The van der Waals surface area contributed by atoms with Gasteiger partial charge < -0.3 is 4.74 Å². The van der Waals surface area contributed by atoms with E-state index in [2.05, 4.69) is 19.4 Å². The molecule has 9 nitrogen and oxygen atoms in total. The van der Waals surface area contributed by atoms with E-state index in [4.69, 9.17) is 4.74 Å². The van der Waals surface area contributed by atoms with Gasteiger partial charge in [-0.25, -0.2) is 13.4 Å². The number of pyridine rings is 1. The first kappa shape index (κ1) is 23.3. The van der Waals surface area contributed by atoms with E-state index >= 15 is 0 Å². The van der Waals surface area contributed by atoms with Crippen molar-refractivity contribution in [2.24, 2.45) is 7.05 Å². The molecule has 0 amide bonds. The Kier molecular flexibility index (Phi) is 6.28. The van der Waals surface area contributed by atoms with Gasteiger partial charge in [-0.15, -0.1) is 0 Å². The van der Waals surface area contributed by atoms with Crippen LogP contribution in [-0.2, 0) is 22.6 Å². The zero-order valence-corrected chi connectivity index (χ0v) is 20.6. The highest BCUT2D eigenvalue weighted by molar-refractivity contribution is 7.90. The molecule has 5 aromatic rings. The smallest absolute Gasteiger partial charge is 0.185 e. The van der Waals surface area contributed by atoms with Crippen molar-refractivity contribution in [3.63, 3.8) is 0 Å². The summed E-state index contributed by atoms with van der Waals surface area (Å²) in [4.78, 5) is 8.50. The molecule has 0 aliphatic rings. The number of aryl methyl sites for hydroxylation is 1. The molecule has 0 saturated heterocycles. The third-order valence-corrected chi connectivity index (χ3v) is 7.87. The Balaban J connectivity index is 1.53. The van der Waals surface area contributed by atoms with Crippen molar-refractivity contribution in [2.45, 2.75) is 10.6 Å². The average molecular weight is 515 g/mol. The Morgan fingerprint density at radius 1 is 1.06 bits per heavy atom. The second-order valence-corrected chi connectivity index (χ2v) is 10.6. The summed E-state index contributed by atoms with van der Waals surface area (Å²) in [6, 6.07) is 19.7. The van der Waals surface area contributed by atoms with Crippen LogP contribution in [0.15, 0.2) is 84.3 Å². The number of rotatable bonds is 7. The molecule has 36 heavy (non-hydrogen) atoms. The Bertz CT molecular complexity index is 1670. The predicted octanol–water partition coefficient (Wildman–Crippen LogP) is 4.64. The molecule has 0 atom stereocenters. The van der Waals surface area contributed by atoms with E-state index in [0.717, 1.165) is 34.0 Å². The second kappa shape index (κ2) is 9.69. The molecular formula is C25H18N6O3S2. The van der Waals surface area contributed by atoms with Gasteiger partial charge in [-0.1, -0.05) is 30.3 Å². The first-order valence-corrected chi connectivity index (χ1v) is 13.1. The summed E-state index contributed by atoms with van der Waals surface area (Å²) in [5, 5.41) is 14.4. The van der Waals surface area contributed by atoms with Gasteiger partial charge in [0.1, 0.15) is 28.9 Å². The molecule has 178 valence electrons. The van der Waals surface area contributed by atoms with Crippen molar-refractivity contribution in [1.82, 2.24) is 24.1 Å². The van der Waals surface area contributed by atoms with Crippen LogP contribution in [0.1, 0.15) is 10.6 Å². The van der Waals surface area contributed by atoms with E-state index in [1.807, 2.05) is 55.6 Å². The quantitative estimate of drug-likeness (QED) is 0.308. The molecule has 0 N–H and O–H groups in total. The zero-order valence-electron chi connectivity index (χ0n) is 18.9. The van der Waals surface area contributed by atoms with E-state index in [1.165, 1.54) is 24.5 Å². The molecule has 0 unspecified atom stereocenters. The van der Waals surface area contributed by atoms with Crippen LogP contribution >= 0.6 is 11.5 Å². The van der Waals surface area contributed by atoms with Crippen LogP contribution in [0.5, 0.6) is 11.5 Å². The lowest BCUT2D eigenvalue weighted by molar-refractivity contribution is 0.479. The van der Waals surface area contributed by atoms with E-state index < -0.39 is 9.84 Å². The van der Waals surface area contributed by atoms with Gasteiger partial charge in [-0.2, -0.15) is 14.7 Å². The number of aromatic nitrogens is 5. The summed E-state index contributed by atoms with van der Waals surface area (Å²) in [5.74, 6) is 0.322. The number of nitrogens with zero attached hydrogens (tertiary/aromatic N) is 6. The maximum atomic E-state index is 12.8. The summed E-state index contributed by atoms with van der Waals surface area (Å²) in [5.41, 5.74) is 3.28. The SMILES string of the molecule is Cn1nccc1-c1cc(-c2ccccc2)ncc1Oc1ccc(S(=O)(=O)Cc2ncns2)cc1C#N. The van der Waals surface area contributed by atoms with Crippen LogP contribution in [0.3, 0.4) is 0 Å². The van der Waals surface area contributed by atoms with Crippen molar-refractivity contribution < 1.29 is 13.2 Å². The third kappa shape index (κ3) is 4.72. The zero-order chi connectivity index (χ0) is 25.1. The lowest BCUT2D eigenvalue weighted by Crippen LogP contribution is -2.05. The van der Waals surface area contributed by atoms with E-state index in [-0.39, 0.29) is 22.0 Å². The minimum Gasteiger partial charge on any atom is -0.454 e. The molecule has 5 rings (SSSR count). The Hall–Kier alpha value is -4.40. The lowest BCUT2D eigenvalue weighted by atomic mass is 10.1. The minimum absolute atomic E-state index is 0.00556. The van der Waals surface area contributed by atoms with E-state index in [0.29, 0.717) is 10.8 Å². The van der Waals surface area contributed by atoms with Crippen molar-refractivity contribution in [3.05, 3.63) is 90.0 Å². The van der Waals surface area contributed by atoms with Crippen molar-refractivity contribution in [3.8, 4) is 40.1 Å². The standard InChI is InChI=1S/C25H18N6O3S2/c1-31-22(9-10-29-31)20-12-21(17-5-3-2-4-6-17)27-14-24(20)34-23-8-7-19(11-18(23)13-26)36(32,33)15-25-28-16-30-35-25/h2-12,14,16H,15H2,1H3.